The molecule has 0 atom stereocenters. The molecule has 0 aliphatic carbocycles. The third kappa shape index (κ3) is 6.39. The second-order valence-corrected chi connectivity index (χ2v) is 8.66. The van der Waals surface area contributed by atoms with E-state index >= 15 is 0 Å². The molecular formula is C24H21F2NO5S. The van der Waals surface area contributed by atoms with E-state index in [9.17, 15) is 22.0 Å². The van der Waals surface area contributed by atoms with E-state index in [0.717, 1.165) is 5.56 Å². The van der Waals surface area contributed by atoms with Crippen molar-refractivity contribution < 1.29 is 31.5 Å². The lowest BCUT2D eigenvalue weighted by Gasteiger charge is -2.10. The Hall–Kier alpha value is -3.72. The Labute approximate surface area is 190 Å². The van der Waals surface area contributed by atoms with Crippen LogP contribution in [-0.2, 0) is 10.0 Å². The molecule has 0 spiro atoms. The molecule has 0 aromatic heterocycles. The van der Waals surface area contributed by atoms with Crippen molar-refractivity contribution in [2.24, 2.45) is 0 Å². The first-order chi connectivity index (χ1) is 15.7. The van der Waals surface area contributed by atoms with Crippen molar-refractivity contribution >= 4 is 27.6 Å². The topological polar surface area (TPSA) is 81.7 Å². The summed E-state index contributed by atoms with van der Waals surface area (Å²) in [5.41, 5.74) is 2.15. The molecule has 0 amide bonds. The highest BCUT2D eigenvalue weighted by atomic mass is 32.2. The van der Waals surface area contributed by atoms with Gasteiger partial charge in [-0.1, -0.05) is 29.8 Å². The van der Waals surface area contributed by atoms with Crippen molar-refractivity contribution in [3.63, 3.8) is 0 Å². The van der Waals surface area contributed by atoms with Crippen molar-refractivity contribution in [3.8, 4) is 11.5 Å². The molecule has 0 saturated heterocycles. The lowest BCUT2D eigenvalue weighted by Crippen LogP contribution is -2.13. The molecule has 0 bridgehead atoms. The molecule has 0 saturated carbocycles. The number of hydrogen-bond donors (Lipinski definition) is 1. The van der Waals surface area contributed by atoms with Crippen LogP contribution >= 0.6 is 0 Å². The van der Waals surface area contributed by atoms with Gasteiger partial charge in [0.2, 0.25) is 0 Å². The molecule has 0 fully saturated rings. The molecule has 1 N–H and O–H groups in total. The molecule has 3 aromatic rings. The van der Waals surface area contributed by atoms with Crippen molar-refractivity contribution in [1.82, 2.24) is 0 Å². The zero-order chi connectivity index (χ0) is 24.0. The Morgan fingerprint density at radius 2 is 1.64 bits per heavy atom. The Balaban J connectivity index is 1.69. The second kappa shape index (κ2) is 10.3. The Bertz CT molecular complexity index is 1260. The molecule has 33 heavy (non-hydrogen) atoms. The summed E-state index contributed by atoms with van der Waals surface area (Å²) in [4.78, 5) is 12.6. The van der Waals surface area contributed by atoms with E-state index < -0.39 is 16.6 Å². The van der Waals surface area contributed by atoms with E-state index in [1.165, 1.54) is 73.9 Å². The molecule has 9 heteroatoms. The second-order valence-electron chi connectivity index (χ2n) is 6.98. The number of sulfonamides is 1. The monoisotopic (exact) mass is 473 g/mol. The maximum atomic E-state index is 12.5. The minimum atomic E-state index is -3.75. The zero-order valence-corrected chi connectivity index (χ0v) is 18.6. The number of ketones is 1. The molecule has 3 rings (SSSR count). The number of alkyl halides is 2. The van der Waals surface area contributed by atoms with E-state index in [4.69, 9.17) is 4.74 Å². The van der Waals surface area contributed by atoms with Crippen LogP contribution in [0.4, 0.5) is 14.5 Å². The standard InChI is InChI=1S/C24H21F2NO5S/c1-16-3-11-20(12-4-16)33(29,30)27-19-9-7-18(8-10-19)21(28)13-5-17-6-14-22(32-24(25)26)23(15-17)31-2/h3-15,24,27H,1-2H3/b13-5+. The minimum absolute atomic E-state index is 0.107. The minimum Gasteiger partial charge on any atom is -0.493 e. The predicted molar refractivity (Wildman–Crippen MR) is 121 cm³/mol. The first-order valence-electron chi connectivity index (χ1n) is 9.73. The normalized spacial score (nSPS) is 11.5. The number of rotatable bonds is 9. The number of halogens is 2. The summed E-state index contributed by atoms with van der Waals surface area (Å²) < 4.78 is 61.7. The van der Waals surface area contributed by atoms with Crippen LogP contribution < -0.4 is 14.2 Å². The Morgan fingerprint density at radius 1 is 0.970 bits per heavy atom. The summed E-state index contributed by atoms with van der Waals surface area (Å²) in [6.45, 7) is -1.12. The molecule has 3 aromatic carbocycles. The average Bonchev–Trinajstić information content (AvgIpc) is 2.78. The Morgan fingerprint density at radius 3 is 2.24 bits per heavy atom. The first kappa shape index (κ1) is 23.9. The van der Waals surface area contributed by atoms with Gasteiger partial charge in [-0.3, -0.25) is 9.52 Å². The van der Waals surface area contributed by atoms with Gasteiger partial charge in [0.15, 0.2) is 17.3 Å². The summed E-state index contributed by atoms with van der Waals surface area (Å²) in [6, 6.07) is 16.7. The van der Waals surface area contributed by atoms with E-state index in [2.05, 4.69) is 9.46 Å². The molecule has 0 unspecified atom stereocenters. The van der Waals surface area contributed by atoms with Crippen molar-refractivity contribution in [3.05, 3.63) is 89.5 Å². The highest BCUT2D eigenvalue weighted by Gasteiger charge is 2.14. The predicted octanol–water partition coefficient (Wildman–Crippen LogP) is 5.30. The fourth-order valence-electron chi connectivity index (χ4n) is 2.88. The van der Waals surface area contributed by atoms with Crippen LogP contribution in [0.1, 0.15) is 21.5 Å². The number of ether oxygens (including phenoxy) is 2. The van der Waals surface area contributed by atoms with Gasteiger partial charge < -0.3 is 9.47 Å². The van der Waals surface area contributed by atoms with Gasteiger partial charge in [0.1, 0.15) is 0 Å². The van der Waals surface area contributed by atoms with Crippen LogP contribution in [0.5, 0.6) is 11.5 Å². The number of carbonyl (C=O) groups is 1. The van der Waals surface area contributed by atoms with E-state index in [1.807, 2.05) is 6.92 Å². The summed E-state index contributed by atoms with van der Waals surface area (Å²) >= 11 is 0. The largest absolute Gasteiger partial charge is 0.493 e. The SMILES string of the molecule is COc1cc(/C=C/C(=O)c2ccc(NS(=O)(=O)c3ccc(C)cc3)cc2)ccc1OC(F)F. The molecular weight excluding hydrogens is 452 g/mol. The van der Waals surface area contributed by atoms with Crippen molar-refractivity contribution in [2.75, 3.05) is 11.8 Å². The number of methoxy groups -OCH3 is 1. The van der Waals surface area contributed by atoms with E-state index in [1.54, 1.807) is 12.1 Å². The molecule has 0 heterocycles. The van der Waals surface area contributed by atoms with Gasteiger partial charge in [-0.2, -0.15) is 8.78 Å². The highest BCUT2D eigenvalue weighted by molar-refractivity contribution is 7.92. The number of carbonyl (C=O) groups excluding carboxylic acids is 1. The van der Waals surface area contributed by atoms with Crippen LogP contribution in [0.2, 0.25) is 0 Å². The van der Waals surface area contributed by atoms with E-state index in [-0.39, 0.29) is 22.2 Å². The summed E-state index contributed by atoms with van der Waals surface area (Å²) in [7, 11) is -2.42. The number of benzene rings is 3. The maximum absolute atomic E-state index is 12.5. The van der Waals surface area contributed by atoms with E-state index in [0.29, 0.717) is 16.8 Å². The number of nitrogens with one attached hydrogen (secondary N) is 1. The third-order valence-electron chi connectivity index (χ3n) is 4.58. The zero-order valence-electron chi connectivity index (χ0n) is 17.8. The van der Waals surface area contributed by atoms with Crippen LogP contribution in [-0.4, -0.2) is 27.9 Å². The van der Waals surface area contributed by atoms with Crippen LogP contribution in [0.25, 0.3) is 6.08 Å². The summed E-state index contributed by atoms with van der Waals surface area (Å²) in [5, 5.41) is 0. The van der Waals surface area contributed by atoms with Gasteiger partial charge in [-0.25, -0.2) is 8.42 Å². The smallest absolute Gasteiger partial charge is 0.387 e. The fraction of sp³-hybridized carbons (Fsp3) is 0.125. The first-order valence-corrected chi connectivity index (χ1v) is 11.2. The highest BCUT2D eigenvalue weighted by Crippen LogP contribution is 2.30. The third-order valence-corrected chi connectivity index (χ3v) is 5.98. The quantitative estimate of drug-likeness (QED) is 0.337. The molecule has 6 nitrogen and oxygen atoms in total. The fourth-order valence-corrected chi connectivity index (χ4v) is 3.94. The van der Waals surface area contributed by atoms with Crippen LogP contribution in [0.3, 0.4) is 0 Å². The lowest BCUT2D eigenvalue weighted by molar-refractivity contribution is -0.0512. The molecule has 0 radical (unpaired) electrons. The van der Waals surface area contributed by atoms with Gasteiger partial charge in [-0.05, 0) is 67.1 Å². The molecule has 172 valence electrons. The van der Waals surface area contributed by atoms with Crippen molar-refractivity contribution in [2.45, 2.75) is 18.4 Å². The maximum Gasteiger partial charge on any atom is 0.387 e. The molecule has 0 aliphatic heterocycles. The van der Waals surface area contributed by atoms with Gasteiger partial charge in [-0.15, -0.1) is 0 Å². The van der Waals surface area contributed by atoms with Crippen LogP contribution in [0.15, 0.2) is 77.7 Å². The summed E-state index contributed by atoms with van der Waals surface area (Å²) in [6.07, 6.45) is 2.82. The van der Waals surface area contributed by atoms with Gasteiger partial charge >= 0.3 is 6.61 Å². The number of allylic oxidation sites excluding steroid dienone is 1. The summed E-state index contributed by atoms with van der Waals surface area (Å²) in [5.74, 6) is -0.329. The van der Waals surface area contributed by atoms with Gasteiger partial charge in [0.05, 0.1) is 12.0 Å². The molecule has 0 aliphatic rings. The lowest BCUT2D eigenvalue weighted by atomic mass is 10.1. The van der Waals surface area contributed by atoms with Gasteiger partial charge in [0.25, 0.3) is 10.0 Å². The van der Waals surface area contributed by atoms with Gasteiger partial charge in [0, 0.05) is 11.3 Å². The van der Waals surface area contributed by atoms with Crippen LogP contribution in [0, 0.1) is 6.92 Å². The van der Waals surface area contributed by atoms with Crippen molar-refractivity contribution in [1.29, 1.82) is 0 Å². The number of aryl methyl sites for hydroxylation is 1. The average molecular weight is 473 g/mol. The number of anilines is 1. The Kier molecular flexibility index (Phi) is 7.44. The number of hydrogen-bond acceptors (Lipinski definition) is 5.